The third-order valence-corrected chi connectivity index (χ3v) is 4.79. The number of carbonyl (C=O) groups is 1. The monoisotopic (exact) mass is 359 g/mol. The van der Waals surface area contributed by atoms with Gasteiger partial charge in [0.25, 0.3) is 0 Å². The molecule has 25 heavy (non-hydrogen) atoms. The van der Waals surface area contributed by atoms with Gasteiger partial charge in [-0.3, -0.25) is 4.79 Å². The van der Waals surface area contributed by atoms with Crippen LogP contribution in [0.15, 0.2) is 29.6 Å². The first-order valence-corrected chi connectivity index (χ1v) is 9.77. The van der Waals surface area contributed by atoms with Crippen LogP contribution in [0.1, 0.15) is 57.5 Å². The topological polar surface area (TPSA) is 54.0 Å². The summed E-state index contributed by atoms with van der Waals surface area (Å²) < 4.78 is 0. The molecule has 0 radical (unpaired) electrons. The second-order valence-corrected chi connectivity index (χ2v) is 8.13. The van der Waals surface area contributed by atoms with Crippen LogP contribution in [0.5, 0.6) is 0 Å². The molecule has 136 valence electrons. The highest BCUT2D eigenvalue weighted by Gasteiger charge is 2.16. The quantitative estimate of drug-likeness (QED) is 0.713. The Morgan fingerprint density at radius 2 is 1.84 bits per heavy atom. The standard InChI is InChI=1S/C20H29N3OS/c1-13(2)10-16-6-8-17(9-7-16)19(14(3)4)21-11-18-12-25-20(23-18)22-15(5)24/h6-9,12-14,19,21H,10-11H2,1-5H3,(H,22,23,24)/t19-/m0/s1. The van der Waals surface area contributed by atoms with Crippen LogP contribution in [0, 0.1) is 11.8 Å². The third kappa shape index (κ3) is 6.25. The van der Waals surface area contributed by atoms with Gasteiger partial charge in [0, 0.05) is 24.9 Å². The molecule has 2 rings (SSSR count). The summed E-state index contributed by atoms with van der Waals surface area (Å²) in [6, 6.07) is 9.23. The molecule has 0 aliphatic rings. The van der Waals surface area contributed by atoms with Crippen LogP contribution in [-0.2, 0) is 17.8 Å². The van der Waals surface area contributed by atoms with Gasteiger partial charge in [0.05, 0.1) is 5.69 Å². The molecule has 1 heterocycles. The van der Waals surface area contributed by atoms with Crippen LogP contribution in [-0.4, -0.2) is 10.9 Å². The smallest absolute Gasteiger partial charge is 0.223 e. The van der Waals surface area contributed by atoms with Crippen molar-refractivity contribution in [1.29, 1.82) is 0 Å². The summed E-state index contributed by atoms with van der Waals surface area (Å²) in [4.78, 5) is 15.5. The molecule has 0 aliphatic heterocycles. The highest BCUT2D eigenvalue weighted by atomic mass is 32.1. The third-order valence-electron chi connectivity index (χ3n) is 3.99. The van der Waals surface area contributed by atoms with Gasteiger partial charge in [0.1, 0.15) is 0 Å². The van der Waals surface area contributed by atoms with E-state index in [4.69, 9.17) is 0 Å². The van der Waals surface area contributed by atoms with Crippen molar-refractivity contribution in [3.63, 3.8) is 0 Å². The second kappa shape index (κ2) is 9.11. The van der Waals surface area contributed by atoms with Crippen molar-refractivity contribution >= 4 is 22.4 Å². The zero-order valence-corrected chi connectivity index (χ0v) is 16.6. The normalized spacial score (nSPS) is 12.6. The van der Waals surface area contributed by atoms with E-state index in [1.54, 1.807) is 0 Å². The van der Waals surface area contributed by atoms with E-state index in [1.165, 1.54) is 29.4 Å². The molecule has 1 amide bonds. The molecular formula is C20H29N3OS. The summed E-state index contributed by atoms with van der Waals surface area (Å²) in [6.45, 7) is 11.1. The molecule has 1 atom stereocenters. The molecule has 2 N–H and O–H groups in total. The molecular weight excluding hydrogens is 330 g/mol. The maximum absolute atomic E-state index is 11.1. The molecule has 0 bridgehead atoms. The Hall–Kier alpha value is -1.72. The number of benzene rings is 1. The van der Waals surface area contributed by atoms with Crippen molar-refractivity contribution in [2.45, 2.75) is 53.6 Å². The van der Waals surface area contributed by atoms with Crippen molar-refractivity contribution in [2.24, 2.45) is 11.8 Å². The van der Waals surface area contributed by atoms with E-state index >= 15 is 0 Å². The zero-order valence-electron chi connectivity index (χ0n) is 15.8. The van der Waals surface area contributed by atoms with Crippen LogP contribution in [0.2, 0.25) is 0 Å². The second-order valence-electron chi connectivity index (χ2n) is 7.27. The van der Waals surface area contributed by atoms with Gasteiger partial charge in [-0.05, 0) is 29.4 Å². The van der Waals surface area contributed by atoms with Crippen LogP contribution in [0.4, 0.5) is 5.13 Å². The summed E-state index contributed by atoms with van der Waals surface area (Å²) in [5.41, 5.74) is 3.65. The van der Waals surface area contributed by atoms with Crippen molar-refractivity contribution < 1.29 is 4.79 Å². The van der Waals surface area contributed by atoms with Gasteiger partial charge in [-0.2, -0.15) is 0 Å². The lowest BCUT2D eigenvalue weighted by Gasteiger charge is -2.23. The molecule has 0 spiro atoms. The molecule has 0 unspecified atom stereocenters. The maximum atomic E-state index is 11.1. The van der Waals surface area contributed by atoms with E-state index in [-0.39, 0.29) is 11.9 Å². The molecule has 4 nitrogen and oxygen atoms in total. The first kappa shape index (κ1) is 19.6. The van der Waals surface area contributed by atoms with Crippen LogP contribution >= 0.6 is 11.3 Å². The molecule has 2 aromatic rings. The molecule has 0 saturated carbocycles. The van der Waals surface area contributed by atoms with Gasteiger partial charge >= 0.3 is 0 Å². The number of anilines is 1. The summed E-state index contributed by atoms with van der Waals surface area (Å²) >= 11 is 1.46. The Bertz CT molecular complexity index is 677. The Balaban J connectivity index is 2.00. The van der Waals surface area contributed by atoms with Crippen LogP contribution in [0.25, 0.3) is 0 Å². The van der Waals surface area contributed by atoms with Crippen molar-refractivity contribution in [3.05, 3.63) is 46.5 Å². The van der Waals surface area contributed by atoms with Crippen molar-refractivity contribution in [1.82, 2.24) is 10.3 Å². The number of nitrogens with one attached hydrogen (secondary N) is 2. The van der Waals surface area contributed by atoms with Crippen molar-refractivity contribution in [2.75, 3.05) is 5.32 Å². The molecule has 0 fully saturated rings. The van der Waals surface area contributed by atoms with Crippen LogP contribution < -0.4 is 10.6 Å². The van der Waals surface area contributed by atoms with Gasteiger partial charge in [-0.1, -0.05) is 52.0 Å². The highest BCUT2D eigenvalue weighted by Crippen LogP contribution is 2.24. The van der Waals surface area contributed by atoms with Crippen molar-refractivity contribution in [3.8, 4) is 0 Å². The fourth-order valence-electron chi connectivity index (χ4n) is 2.88. The number of carbonyl (C=O) groups excluding carboxylic acids is 1. The van der Waals surface area contributed by atoms with E-state index in [2.05, 4.69) is 67.6 Å². The highest BCUT2D eigenvalue weighted by molar-refractivity contribution is 7.13. The number of thiazole rings is 1. The van der Waals surface area contributed by atoms with E-state index < -0.39 is 0 Å². The number of hydrogen-bond acceptors (Lipinski definition) is 4. The van der Waals surface area contributed by atoms with Gasteiger partial charge in [0.15, 0.2) is 5.13 Å². The number of aromatic nitrogens is 1. The minimum Gasteiger partial charge on any atom is -0.304 e. The fraction of sp³-hybridized carbons (Fsp3) is 0.500. The zero-order chi connectivity index (χ0) is 18.4. The predicted molar refractivity (Wildman–Crippen MR) is 106 cm³/mol. The largest absolute Gasteiger partial charge is 0.304 e. The fourth-order valence-corrected chi connectivity index (χ4v) is 3.64. The predicted octanol–water partition coefficient (Wildman–Crippen LogP) is 4.79. The molecule has 5 heteroatoms. The number of amides is 1. The molecule has 0 aliphatic carbocycles. The number of rotatable bonds is 8. The maximum Gasteiger partial charge on any atom is 0.223 e. The minimum absolute atomic E-state index is 0.0876. The van der Waals surface area contributed by atoms with E-state index in [0.717, 1.165) is 12.1 Å². The Kier molecular flexibility index (Phi) is 7.14. The Morgan fingerprint density at radius 3 is 2.40 bits per heavy atom. The molecule has 1 aromatic carbocycles. The Morgan fingerprint density at radius 1 is 1.16 bits per heavy atom. The number of hydrogen-bond donors (Lipinski definition) is 2. The van der Waals surface area contributed by atoms with Gasteiger partial charge in [-0.25, -0.2) is 4.98 Å². The van der Waals surface area contributed by atoms with Gasteiger partial charge < -0.3 is 10.6 Å². The van der Waals surface area contributed by atoms with E-state index in [0.29, 0.717) is 23.5 Å². The summed E-state index contributed by atoms with van der Waals surface area (Å²) in [7, 11) is 0. The van der Waals surface area contributed by atoms with E-state index in [1.807, 2.05) is 5.38 Å². The molecule has 1 aromatic heterocycles. The first-order chi connectivity index (χ1) is 11.8. The lowest BCUT2D eigenvalue weighted by Crippen LogP contribution is -2.25. The Labute approximate surface area is 155 Å². The first-order valence-electron chi connectivity index (χ1n) is 8.89. The van der Waals surface area contributed by atoms with Gasteiger partial charge in [-0.15, -0.1) is 11.3 Å². The lowest BCUT2D eigenvalue weighted by molar-refractivity contribution is -0.114. The summed E-state index contributed by atoms with van der Waals surface area (Å²) in [6.07, 6.45) is 1.12. The molecule has 0 saturated heterocycles. The van der Waals surface area contributed by atoms with Gasteiger partial charge in [0.2, 0.25) is 5.91 Å². The summed E-state index contributed by atoms with van der Waals surface area (Å²) in [5, 5.41) is 8.98. The average Bonchev–Trinajstić information content (AvgIpc) is 2.95. The van der Waals surface area contributed by atoms with Crippen LogP contribution in [0.3, 0.4) is 0 Å². The lowest BCUT2D eigenvalue weighted by atomic mass is 9.93. The summed E-state index contributed by atoms with van der Waals surface area (Å²) in [5.74, 6) is 1.06. The number of nitrogens with zero attached hydrogens (tertiary/aromatic N) is 1. The SMILES string of the molecule is CC(=O)Nc1nc(CN[C@H](c2ccc(CC(C)C)cc2)C(C)C)cs1. The minimum atomic E-state index is -0.0876. The average molecular weight is 360 g/mol. The van der Waals surface area contributed by atoms with E-state index in [9.17, 15) is 4.79 Å².